The smallest absolute Gasteiger partial charge is 0.184 e. The summed E-state index contributed by atoms with van der Waals surface area (Å²) in [6, 6.07) is 4.10. The molecule has 1 aliphatic heterocycles. The average Bonchev–Trinajstić information content (AvgIpc) is 2.91. The highest BCUT2D eigenvalue weighted by molar-refractivity contribution is 5.71. The van der Waals surface area contributed by atoms with Crippen molar-refractivity contribution in [2.75, 3.05) is 25.6 Å². The van der Waals surface area contributed by atoms with Crippen molar-refractivity contribution in [2.45, 2.75) is 12.6 Å². The molecule has 1 aromatic heterocycles. The molecular formula is C12H14FN5O2. The van der Waals surface area contributed by atoms with E-state index in [2.05, 4.69) is 15.5 Å². The zero-order valence-corrected chi connectivity index (χ0v) is 10.7. The molecule has 3 rings (SSSR count). The van der Waals surface area contributed by atoms with E-state index in [1.165, 1.54) is 18.2 Å². The van der Waals surface area contributed by atoms with Crippen LogP contribution in [-0.4, -0.2) is 46.1 Å². The molecule has 2 N–H and O–H groups in total. The van der Waals surface area contributed by atoms with Gasteiger partial charge in [0.2, 0.25) is 0 Å². The van der Waals surface area contributed by atoms with Gasteiger partial charge in [-0.2, -0.15) is 0 Å². The zero-order chi connectivity index (χ0) is 13.9. The number of tetrazole rings is 1. The van der Waals surface area contributed by atoms with Crippen LogP contribution in [0.5, 0.6) is 0 Å². The van der Waals surface area contributed by atoms with Crippen LogP contribution in [0.25, 0.3) is 11.4 Å². The van der Waals surface area contributed by atoms with Crippen LogP contribution in [-0.2, 0) is 16.0 Å². The molecule has 1 aromatic carbocycles. The van der Waals surface area contributed by atoms with Crippen molar-refractivity contribution in [1.82, 2.24) is 20.2 Å². The molecule has 1 unspecified atom stereocenters. The fourth-order valence-corrected chi connectivity index (χ4v) is 2.08. The Labute approximate surface area is 114 Å². The Bertz CT molecular complexity index is 597. The minimum Gasteiger partial charge on any atom is -0.398 e. The van der Waals surface area contributed by atoms with Gasteiger partial charge in [-0.15, -0.1) is 5.10 Å². The number of nitrogens with zero attached hydrogens (tertiary/aromatic N) is 4. The molecule has 2 heterocycles. The first-order valence-electron chi connectivity index (χ1n) is 6.25. The van der Waals surface area contributed by atoms with Crippen LogP contribution in [0.1, 0.15) is 0 Å². The number of ether oxygens (including phenoxy) is 2. The van der Waals surface area contributed by atoms with Crippen molar-refractivity contribution in [1.29, 1.82) is 0 Å². The average molecular weight is 279 g/mol. The minimum atomic E-state index is -0.388. The number of nitrogens with two attached hydrogens (primary N) is 1. The van der Waals surface area contributed by atoms with Crippen LogP contribution in [0.4, 0.5) is 10.1 Å². The first kappa shape index (κ1) is 12.9. The van der Waals surface area contributed by atoms with Gasteiger partial charge < -0.3 is 15.2 Å². The van der Waals surface area contributed by atoms with Crippen LogP contribution < -0.4 is 5.73 Å². The monoisotopic (exact) mass is 279 g/mol. The number of nitrogen functional groups attached to an aromatic ring is 1. The predicted molar refractivity (Wildman–Crippen MR) is 68.2 cm³/mol. The molecule has 0 bridgehead atoms. The lowest BCUT2D eigenvalue weighted by Gasteiger charge is -2.22. The van der Waals surface area contributed by atoms with Gasteiger partial charge in [0.05, 0.1) is 26.4 Å². The van der Waals surface area contributed by atoms with Gasteiger partial charge in [0.15, 0.2) is 5.82 Å². The second-order valence-electron chi connectivity index (χ2n) is 4.48. The van der Waals surface area contributed by atoms with E-state index in [1.807, 2.05) is 0 Å². The summed E-state index contributed by atoms with van der Waals surface area (Å²) >= 11 is 0. The Morgan fingerprint density at radius 2 is 2.30 bits per heavy atom. The summed E-state index contributed by atoms with van der Waals surface area (Å²) in [6.07, 6.45) is -0.124. The van der Waals surface area contributed by atoms with Gasteiger partial charge in [0.1, 0.15) is 11.9 Å². The van der Waals surface area contributed by atoms with Gasteiger partial charge >= 0.3 is 0 Å². The molecule has 7 nitrogen and oxygen atoms in total. The summed E-state index contributed by atoms with van der Waals surface area (Å²) in [5, 5.41) is 11.4. The second kappa shape index (κ2) is 5.51. The predicted octanol–water partition coefficient (Wildman–Crippen LogP) is 0.477. The second-order valence-corrected chi connectivity index (χ2v) is 4.48. The van der Waals surface area contributed by atoms with E-state index in [4.69, 9.17) is 15.2 Å². The van der Waals surface area contributed by atoms with Gasteiger partial charge in [-0.3, -0.25) is 0 Å². The number of hydrogen-bond donors (Lipinski definition) is 1. The van der Waals surface area contributed by atoms with E-state index in [-0.39, 0.29) is 11.9 Å². The fourth-order valence-electron chi connectivity index (χ4n) is 2.08. The summed E-state index contributed by atoms with van der Waals surface area (Å²) in [4.78, 5) is 0. The Hall–Kier alpha value is -2.06. The Morgan fingerprint density at radius 1 is 1.40 bits per heavy atom. The van der Waals surface area contributed by atoms with Gasteiger partial charge in [0.25, 0.3) is 0 Å². The maximum absolute atomic E-state index is 13.4. The van der Waals surface area contributed by atoms with E-state index >= 15 is 0 Å². The Morgan fingerprint density at radius 3 is 3.10 bits per heavy atom. The lowest BCUT2D eigenvalue weighted by atomic mass is 10.1. The Kier molecular flexibility index (Phi) is 3.57. The van der Waals surface area contributed by atoms with Crippen molar-refractivity contribution in [2.24, 2.45) is 0 Å². The van der Waals surface area contributed by atoms with Crippen molar-refractivity contribution in [3.63, 3.8) is 0 Å². The molecule has 0 saturated carbocycles. The molecule has 2 aromatic rings. The lowest BCUT2D eigenvalue weighted by molar-refractivity contribution is -0.0946. The fraction of sp³-hybridized carbons (Fsp3) is 0.417. The summed E-state index contributed by atoms with van der Waals surface area (Å²) in [5.74, 6) is 0.0252. The number of anilines is 1. The highest BCUT2D eigenvalue weighted by atomic mass is 19.1. The van der Waals surface area contributed by atoms with Crippen molar-refractivity contribution >= 4 is 5.69 Å². The molecule has 0 radical (unpaired) electrons. The number of halogens is 1. The third-order valence-corrected chi connectivity index (χ3v) is 3.05. The van der Waals surface area contributed by atoms with Gasteiger partial charge in [-0.25, -0.2) is 9.07 Å². The molecule has 0 aliphatic carbocycles. The van der Waals surface area contributed by atoms with Crippen molar-refractivity contribution < 1.29 is 13.9 Å². The molecule has 0 amide bonds. The highest BCUT2D eigenvalue weighted by Gasteiger charge is 2.19. The molecule has 1 saturated heterocycles. The zero-order valence-electron chi connectivity index (χ0n) is 10.7. The van der Waals surface area contributed by atoms with Gasteiger partial charge in [0, 0.05) is 11.3 Å². The number of aromatic nitrogens is 4. The summed E-state index contributed by atoms with van der Waals surface area (Å²) in [6.45, 7) is 2.05. The SMILES string of the molecule is Nc1ccc(F)cc1-c1nnnn1CC1COCCO1. The molecule has 1 atom stereocenters. The quantitative estimate of drug-likeness (QED) is 0.822. The number of hydrogen-bond acceptors (Lipinski definition) is 6. The maximum Gasteiger partial charge on any atom is 0.184 e. The number of benzene rings is 1. The van der Waals surface area contributed by atoms with Gasteiger partial charge in [-0.05, 0) is 28.6 Å². The first-order valence-corrected chi connectivity index (χ1v) is 6.25. The molecular weight excluding hydrogens is 265 g/mol. The van der Waals surface area contributed by atoms with E-state index in [9.17, 15) is 4.39 Å². The summed E-state index contributed by atoms with van der Waals surface area (Å²) in [7, 11) is 0. The lowest BCUT2D eigenvalue weighted by Crippen LogP contribution is -2.32. The van der Waals surface area contributed by atoms with E-state index in [0.717, 1.165) is 0 Å². The van der Waals surface area contributed by atoms with Gasteiger partial charge in [-0.1, -0.05) is 0 Å². The van der Waals surface area contributed by atoms with Crippen LogP contribution in [0, 0.1) is 5.82 Å². The Balaban J connectivity index is 1.87. The molecule has 1 aliphatic rings. The molecule has 106 valence electrons. The summed E-state index contributed by atoms with van der Waals surface area (Å²) < 4.78 is 25.8. The van der Waals surface area contributed by atoms with Crippen LogP contribution in [0.2, 0.25) is 0 Å². The van der Waals surface area contributed by atoms with Crippen LogP contribution in [0.3, 0.4) is 0 Å². The van der Waals surface area contributed by atoms with E-state index < -0.39 is 0 Å². The summed E-state index contributed by atoms with van der Waals surface area (Å²) in [5.41, 5.74) is 6.74. The third-order valence-electron chi connectivity index (χ3n) is 3.05. The number of rotatable bonds is 3. The van der Waals surface area contributed by atoms with Crippen LogP contribution in [0.15, 0.2) is 18.2 Å². The topological polar surface area (TPSA) is 88.1 Å². The molecule has 1 fully saturated rings. The molecule has 0 spiro atoms. The maximum atomic E-state index is 13.4. The molecule has 8 heteroatoms. The van der Waals surface area contributed by atoms with E-state index in [0.29, 0.717) is 43.4 Å². The van der Waals surface area contributed by atoms with Crippen molar-refractivity contribution in [3.05, 3.63) is 24.0 Å². The highest BCUT2D eigenvalue weighted by Crippen LogP contribution is 2.24. The van der Waals surface area contributed by atoms with Crippen molar-refractivity contribution in [3.8, 4) is 11.4 Å². The largest absolute Gasteiger partial charge is 0.398 e. The first-order chi connectivity index (χ1) is 9.74. The third kappa shape index (κ3) is 2.61. The van der Waals surface area contributed by atoms with E-state index in [1.54, 1.807) is 4.68 Å². The minimum absolute atomic E-state index is 0.124. The van der Waals surface area contributed by atoms with Crippen LogP contribution >= 0.6 is 0 Å². The molecule has 20 heavy (non-hydrogen) atoms. The normalized spacial score (nSPS) is 19.1. The standard InChI is InChI=1S/C12H14FN5O2/c13-8-1-2-11(14)10(5-8)12-15-16-17-18(12)6-9-7-19-3-4-20-9/h1-2,5,9H,3-4,6-7,14H2.